The number of anilines is 1. The van der Waals surface area contributed by atoms with Crippen molar-refractivity contribution in [2.24, 2.45) is 0 Å². The summed E-state index contributed by atoms with van der Waals surface area (Å²) in [5.41, 5.74) is 0.399. The summed E-state index contributed by atoms with van der Waals surface area (Å²) in [6.45, 7) is -0.459. The number of benzene rings is 1. The molecule has 0 aliphatic carbocycles. The van der Waals surface area contributed by atoms with E-state index in [9.17, 15) is 9.59 Å². The summed E-state index contributed by atoms with van der Waals surface area (Å²) in [5, 5.41) is 15.5. The lowest BCUT2D eigenvalue weighted by Crippen LogP contribution is -2.19. The second-order valence-corrected chi connectivity index (χ2v) is 4.55. The molecule has 7 nitrogen and oxygen atoms in total. The van der Waals surface area contributed by atoms with Crippen LogP contribution in [-0.2, 0) is 16.1 Å². The lowest BCUT2D eigenvalue weighted by molar-refractivity contribution is -0.137. The van der Waals surface area contributed by atoms with E-state index in [0.717, 1.165) is 0 Å². The first-order valence-corrected chi connectivity index (χ1v) is 6.33. The molecular weight excluding hydrogens is 298 g/mol. The van der Waals surface area contributed by atoms with E-state index in [-0.39, 0.29) is 19.1 Å². The molecule has 0 radical (unpaired) electrons. The molecule has 0 atom stereocenters. The van der Waals surface area contributed by atoms with Gasteiger partial charge in [-0.2, -0.15) is 5.10 Å². The van der Waals surface area contributed by atoms with Gasteiger partial charge >= 0.3 is 5.97 Å². The van der Waals surface area contributed by atoms with E-state index in [1.807, 2.05) is 0 Å². The Balaban J connectivity index is 1.84. The quantitative estimate of drug-likeness (QED) is 0.846. The van der Waals surface area contributed by atoms with Gasteiger partial charge in [0.05, 0.1) is 11.9 Å². The molecule has 8 heteroatoms. The molecule has 1 heterocycles. The summed E-state index contributed by atoms with van der Waals surface area (Å²) in [6, 6.07) is 6.70. The molecule has 0 saturated heterocycles. The van der Waals surface area contributed by atoms with Crippen LogP contribution in [0.3, 0.4) is 0 Å². The van der Waals surface area contributed by atoms with E-state index in [0.29, 0.717) is 16.5 Å². The van der Waals surface area contributed by atoms with Gasteiger partial charge in [0.15, 0.2) is 6.61 Å². The maximum atomic E-state index is 11.7. The third-order valence-corrected chi connectivity index (χ3v) is 2.62. The van der Waals surface area contributed by atoms with Gasteiger partial charge in [0.25, 0.3) is 5.91 Å². The standard InChI is InChI=1S/C13H12ClN3O4/c14-9-2-1-3-11(4-9)21-8-12(18)16-10-5-15-17(6-10)7-13(19)20/h1-6H,7-8H2,(H,16,18)(H,19,20). The molecule has 2 aromatic rings. The number of carboxylic acid groups (broad SMARTS) is 1. The summed E-state index contributed by atoms with van der Waals surface area (Å²) in [5.74, 6) is -0.913. The molecule has 21 heavy (non-hydrogen) atoms. The molecule has 110 valence electrons. The van der Waals surface area contributed by atoms with Crippen LogP contribution < -0.4 is 10.1 Å². The molecular formula is C13H12ClN3O4. The first-order valence-electron chi connectivity index (χ1n) is 5.95. The molecule has 2 rings (SSSR count). The van der Waals surface area contributed by atoms with E-state index in [2.05, 4.69) is 10.4 Å². The van der Waals surface area contributed by atoms with Crippen molar-refractivity contribution < 1.29 is 19.4 Å². The van der Waals surface area contributed by atoms with Crippen LogP contribution in [0.25, 0.3) is 0 Å². The predicted molar refractivity (Wildman–Crippen MR) is 75.4 cm³/mol. The summed E-state index contributed by atoms with van der Waals surface area (Å²) in [4.78, 5) is 22.2. The maximum Gasteiger partial charge on any atom is 0.325 e. The Morgan fingerprint density at radius 2 is 2.24 bits per heavy atom. The largest absolute Gasteiger partial charge is 0.484 e. The van der Waals surface area contributed by atoms with Crippen LogP contribution in [-0.4, -0.2) is 33.4 Å². The molecule has 0 aliphatic heterocycles. The highest BCUT2D eigenvalue weighted by Crippen LogP contribution is 2.17. The van der Waals surface area contributed by atoms with Crippen molar-refractivity contribution in [2.75, 3.05) is 11.9 Å². The number of hydrogen-bond donors (Lipinski definition) is 2. The number of carbonyl (C=O) groups excluding carboxylic acids is 1. The number of nitrogens with zero attached hydrogens (tertiary/aromatic N) is 2. The Morgan fingerprint density at radius 1 is 1.43 bits per heavy atom. The van der Waals surface area contributed by atoms with Crippen molar-refractivity contribution in [3.63, 3.8) is 0 Å². The Kier molecular flexibility index (Phi) is 4.78. The van der Waals surface area contributed by atoms with E-state index in [4.69, 9.17) is 21.4 Å². The molecule has 0 saturated carbocycles. The van der Waals surface area contributed by atoms with Crippen molar-refractivity contribution in [1.82, 2.24) is 9.78 Å². The number of aliphatic carboxylic acids is 1. The van der Waals surface area contributed by atoms with Crippen LogP contribution in [0, 0.1) is 0 Å². The Morgan fingerprint density at radius 3 is 2.95 bits per heavy atom. The van der Waals surface area contributed by atoms with Crippen molar-refractivity contribution in [1.29, 1.82) is 0 Å². The number of aromatic nitrogens is 2. The number of nitrogens with one attached hydrogen (secondary N) is 1. The second kappa shape index (κ2) is 6.76. The minimum atomic E-state index is -1.01. The Bertz CT molecular complexity index is 656. The van der Waals surface area contributed by atoms with Crippen LogP contribution >= 0.6 is 11.6 Å². The van der Waals surface area contributed by atoms with Gasteiger partial charge < -0.3 is 15.2 Å². The molecule has 1 amide bonds. The Labute approximate surface area is 125 Å². The first-order chi connectivity index (χ1) is 10.0. The molecule has 0 aliphatic rings. The summed E-state index contributed by atoms with van der Waals surface area (Å²) in [7, 11) is 0. The zero-order valence-electron chi connectivity index (χ0n) is 10.8. The number of ether oxygens (including phenoxy) is 1. The maximum absolute atomic E-state index is 11.7. The van der Waals surface area contributed by atoms with Crippen molar-refractivity contribution in [2.45, 2.75) is 6.54 Å². The zero-order chi connectivity index (χ0) is 15.2. The number of halogens is 1. The number of hydrogen-bond acceptors (Lipinski definition) is 4. The molecule has 0 spiro atoms. The number of rotatable bonds is 6. The SMILES string of the molecule is O=C(O)Cn1cc(NC(=O)COc2cccc(Cl)c2)cn1. The minimum absolute atomic E-state index is 0.190. The van der Waals surface area contributed by atoms with Gasteiger partial charge in [-0.25, -0.2) is 0 Å². The lowest BCUT2D eigenvalue weighted by atomic mass is 10.3. The van der Waals surface area contributed by atoms with E-state index < -0.39 is 5.97 Å². The normalized spacial score (nSPS) is 10.1. The number of carboxylic acids is 1. The van der Waals surface area contributed by atoms with Crippen LogP contribution in [0.2, 0.25) is 5.02 Å². The number of carbonyl (C=O) groups is 2. The third-order valence-electron chi connectivity index (χ3n) is 2.38. The molecule has 1 aromatic heterocycles. The van der Waals surface area contributed by atoms with Crippen LogP contribution in [0.1, 0.15) is 0 Å². The Hall–Kier alpha value is -2.54. The van der Waals surface area contributed by atoms with Gasteiger partial charge in [-0.15, -0.1) is 0 Å². The van der Waals surface area contributed by atoms with Gasteiger partial charge in [0.1, 0.15) is 12.3 Å². The van der Waals surface area contributed by atoms with Crippen LogP contribution in [0.5, 0.6) is 5.75 Å². The van der Waals surface area contributed by atoms with Gasteiger partial charge in [0, 0.05) is 11.2 Å². The third kappa shape index (κ3) is 4.81. The molecule has 2 N–H and O–H groups in total. The molecule has 0 fully saturated rings. The lowest BCUT2D eigenvalue weighted by Gasteiger charge is -2.06. The fourth-order valence-corrected chi connectivity index (χ4v) is 1.74. The van der Waals surface area contributed by atoms with Crippen molar-refractivity contribution in [3.8, 4) is 5.75 Å². The van der Waals surface area contributed by atoms with Crippen LogP contribution in [0.4, 0.5) is 5.69 Å². The molecule has 0 unspecified atom stereocenters. The molecule has 1 aromatic carbocycles. The minimum Gasteiger partial charge on any atom is -0.484 e. The van der Waals surface area contributed by atoms with Gasteiger partial charge in [-0.05, 0) is 18.2 Å². The summed E-state index contributed by atoms with van der Waals surface area (Å²) < 4.78 is 6.48. The summed E-state index contributed by atoms with van der Waals surface area (Å²) >= 11 is 5.79. The smallest absolute Gasteiger partial charge is 0.325 e. The van der Waals surface area contributed by atoms with Gasteiger partial charge in [-0.1, -0.05) is 17.7 Å². The average Bonchev–Trinajstić information content (AvgIpc) is 2.83. The van der Waals surface area contributed by atoms with E-state index >= 15 is 0 Å². The highest BCUT2D eigenvalue weighted by molar-refractivity contribution is 6.30. The number of amides is 1. The van der Waals surface area contributed by atoms with Crippen LogP contribution in [0.15, 0.2) is 36.7 Å². The fraction of sp³-hybridized carbons (Fsp3) is 0.154. The van der Waals surface area contributed by atoms with Crippen molar-refractivity contribution in [3.05, 3.63) is 41.7 Å². The second-order valence-electron chi connectivity index (χ2n) is 4.11. The summed E-state index contributed by atoms with van der Waals surface area (Å²) in [6.07, 6.45) is 2.78. The van der Waals surface area contributed by atoms with E-state index in [1.165, 1.54) is 17.1 Å². The fourth-order valence-electron chi connectivity index (χ4n) is 1.56. The van der Waals surface area contributed by atoms with Crippen molar-refractivity contribution >= 4 is 29.2 Å². The average molecular weight is 310 g/mol. The zero-order valence-corrected chi connectivity index (χ0v) is 11.6. The predicted octanol–water partition coefficient (Wildman–Crippen LogP) is 1.64. The highest BCUT2D eigenvalue weighted by atomic mass is 35.5. The highest BCUT2D eigenvalue weighted by Gasteiger charge is 2.07. The first kappa shape index (κ1) is 14.9. The topological polar surface area (TPSA) is 93.5 Å². The van der Waals surface area contributed by atoms with Gasteiger partial charge in [-0.3, -0.25) is 14.3 Å². The molecule has 0 bridgehead atoms. The van der Waals surface area contributed by atoms with Gasteiger partial charge in [0.2, 0.25) is 0 Å². The monoisotopic (exact) mass is 309 g/mol. The van der Waals surface area contributed by atoms with E-state index in [1.54, 1.807) is 24.3 Å².